The van der Waals surface area contributed by atoms with Gasteiger partial charge in [-0.1, -0.05) is 0 Å². The topological polar surface area (TPSA) is 40.5 Å². The second-order valence-electron chi connectivity index (χ2n) is 5.01. The summed E-state index contributed by atoms with van der Waals surface area (Å²) in [5.41, 5.74) is -0.593. The van der Waals surface area contributed by atoms with Crippen molar-refractivity contribution in [3.8, 4) is 0 Å². The maximum absolute atomic E-state index is 11.3. The third-order valence-electron chi connectivity index (χ3n) is 3.37. The molecular formula is C12H15Br2NO2S. The Labute approximate surface area is 127 Å². The number of piperidine rings is 1. The summed E-state index contributed by atoms with van der Waals surface area (Å²) in [5, 5.41) is 9.29. The van der Waals surface area contributed by atoms with Gasteiger partial charge in [0.25, 0.3) is 0 Å². The molecule has 1 aromatic rings. The number of carbonyl (C=O) groups is 1. The Bertz CT molecular complexity index is 443. The van der Waals surface area contributed by atoms with E-state index in [4.69, 9.17) is 0 Å². The van der Waals surface area contributed by atoms with Crippen molar-refractivity contribution in [3.63, 3.8) is 0 Å². The summed E-state index contributed by atoms with van der Waals surface area (Å²) in [4.78, 5) is 14.8. The van der Waals surface area contributed by atoms with Crippen molar-refractivity contribution in [2.75, 3.05) is 13.1 Å². The van der Waals surface area contributed by atoms with Crippen molar-refractivity contribution in [2.24, 2.45) is 5.41 Å². The first-order chi connectivity index (χ1) is 8.40. The van der Waals surface area contributed by atoms with Crippen LogP contribution in [0.2, 0.25) is 0 Å². The van der Waals surface area contributed by atoms with Crippen LogP contribution >= 0.6 is 43.2 Å². The second kappa shape index (κ2) is 5.61. The predicted octanol–water partition coefficient (Wildman–Crippen LogP) is 3.96. The number of carboxylic acid groups (broad SMARTS) is 1. The van der Waals surface area contributed by atoms with E-state index >= 15 is 0 Å². The highest BCUT2D eigenvalue weighted by atomic mass is 79.9. The molecule has 1 saturated heterocycles. The molecule has 1 aliphatic heterocycles. The molecule has 0 aliphatic carbocycles. The molecule has 3 nitrogen and oxygen atoms in total. The van der Waals surface area contributed by atoms with Crippen molar-refractivity contribution in [2.45, 2.75) is 26.3 Å². The van der Waals surface area contributed by atoms with E-state index < -0.39 is 11.4 Å². The van der Waals surface area contributed by atoms with Crippen LogP contribution in [0.5, 0.6) is 0 Å². The van der Waals surface area contributed by atoms with Gasteiger partial charge in [0.15, 0.2) is 0 Å². The molecule has 6 heteroatoms. The standard InChI is InChI=1S/C12H15Br2NO2S/c1-12(11(16)17)3-2-4-15(7-12)6-8-5-9(13)10(14)18-8/h5H,2-4,6-7H2,1H3,(H,16,17). The summed E-state index contributed by atoms with van der Waals surface area (Å²) in [7, 11) is 0. The third-order valence-corrected chi connectivity index (χ3v) is 6.61. The average Bonchev–Trinajstić information content (AvgIpc) is 2.57. The zero-order valence-corrected chi connectivity index (χ0v) is 14.1. The van der Waals surface area contributed by atoms with Crippen LogP contribution < -0.4 is 0 Å². The molecule has 0 radical (unpaired) electrons. The van der Waals surface area contributed by atoms with Crippen molar-refractivity contribution in [1.29, 1.82) is 0 Å². The molecule has 0 spiro atoms. The molecule has 2 rings (SSSR count). The lowest BCUT2D eigenvalue weighted by molar-refractivity contribution is -0.151. The minimum Gasteiger partial charge on any atom is -0.481 e. The van der Waals surface area contributed by atoms with E-state index in [0.29, 0.717) is 6.54 Å². The van der Waals surface area contributed by atoms with Gasteiger partial charge in [-0.05, 0) is 64.2 Å². The molecule has 18 heavy (non-hydrogen) atoms. The van der Waals surface area contributed by atoms with Gasteiger partial charge in [-0.2, -0.15) is 0 Å². The van der Waals surface area contributed by atoms with Crippen molar-refractivity contribution in [1.82, 2.24) is 4.90 Å². The van der Waals surface area contributed by atoms with Gasteiger partial charge in [0.2, 0.25) is 0 Å². The van der Waals surface area contributed by atoms with Crippen LogP contribution in [-0.4, -0.2) is 29.1 Å². The fourth-order valence-electron chi connectivity index (χ4n) is 2.34. The van der Waals surface area contributed by atoms with E-state index in [0.717, 1.165) is 34.2 Å². The van der Waals surface area contributed by atoms with Crippen molar-refractivity contribution < 1.29 is 9.90 Å². The van der Waals surface area contributed by atoms with E-state index in [2.05, 4.69) is 42.8 Å². The van der Waals surface area contributed by atoms with Crippen LogP contribution in [0, 0.1) is 5.41 Å². The molecule has 0 saturated carbocycles. The summed E-state index contributed by atoms with van der Waals surface area (Å²) >= 11 is 8.66. The molecule has 1 aromatic heterocycles. The minimum absolute atomic E-state index is 0.593. The molecule has 100 valence electrons. The monoisotopic (exact) mass is 395 g/mol. The lowest BCUT2D eigenvalue weighted by Crippen LogP contribution is -2.45. The van der Waals surface area contributed by atoms with Gasteiger partial charge in [-0.25, -0.2) is 0 Å². The van der Waals surface area contributed by atoms with Gasteiger partial charge in [-0.3, -0.25) is 9.69 Å². The molecule has 1 fully saturated rings. The van der Waals surface area contributed by atoms with Crippen LogP contribution in [0.25, 0.3) is 0 Å². The van der Waals surface area contributed by atoms with Crippen LogP contribution in [0.3, 0.4) is 0 Å². The Hall–Kier alpha value is 0.0900. The second-order valence-corrected chi connectivity index (χ2v) is 8.32. The number of carboxylic acids is 1. The van der Waals surface area contributed by atoms with Gasteiger partial charge >= 0.3 is 5.97 Å². The molecule has 1 aliphatic rings. The fraction of sp³-hybridized carbons (Fsp3) is 0.583. The van der Waals surface area contributed by atoms with Crippen LogP contribution in [0.15, 0.2) is 14.3 Å². The molecule has 0 amide bonds. The number of thiophene rings is 1. The first kappa shape index (κ1) is 14.5. The molecule has 1 atom stereocenters. The lowest BCUT2D eigenvalue weighted by atomic mass is 9.82. The molecule has 0 bridgehead atoms. The number of nitrogens with zero attached hydrogens (tertiary/aromatic N) is 1. The molecule has 1 unspecified atom stereocenters. The summed E-state index contributed by atoms with van der Waals surface area (Å²) in [5.74, 6) is -0.680. The molecule has 0 aromatic carbocycles. The summed E-state index contributed by atoms with van der Waals surface area (Å²) in [6.45, 7) is 4.30. The number of rotatable bonds is 3. The van der Waals surface area contributed by atoms with Crippen molar-refractivity contribution in [3.05, 3.63) is 19.2 Å². The molecule has 1 N–H and O–H groups in total. The highest BCUT2D eigenvalue weighted by molar-refractivity contribution is 9.13. The van der Waals surface area contributed by atoms with Crippen LogP contribution in [-0.2, 0) is 11.3 Å². The Morgan fingerprint density at radius 2 is 2.33 bits per heavy atom. The number of likely N-dealkylation sites (tertiary alicyclic amines) is 1. The van der Waals surface area contributed by atoms with E-state index in [-0.39, 0.29) is 0 Å². The van der Waals surface area contributed by atoms with Gasteiger partial charge in [0, 0.05) is 22.4 Å². The number of hydrogen-bond donors (Lipinski definition) is 1. The zero-order chi connectivity index (χ0) is 13.3. The van der Waals surface area contributed by atoms with Gasteiger partial charge in [-0.15, -0.1) is 11.3 Å². The number of halogens is 2. The smallest absolute Gasteiger partial charge is 0.310 e. The Morgan fingerprint density at radius 3 is 2.89 bits per heavy atom. The minimum atomic E-state index is -0.680. The summed E-state index contributed by atoms with van der Waals surface area (Å²) in [6.07, 6.45) is 1.73. The summed E-state index contributed by atoms with van der Waals surface area (Å²) in [6, 6.07) is 2.10. The first-order valence-corrected chi connectivity index (χ1v) is 8.20. The Balaban J connectivity index is 2.04. The summed E-state index contributed by atoms with van der Waals surface area (Å²) < 4.78 is 2.16. The van der Waals surface area contributed by atoms with Gasteiger partial charge < -0.3 is 5.11 Å². The maximum Gasteiger partial charge on any atom is 0.310 e. The Morgan fingerprint density at radius 1 is 1.61 bits per heavy atom. The van der Waals surface area contributed by atoms with E-state index in [1.807, 2.05) is 6.92 Å². The van der Waals surface area contributed by atoms with Gasteiger partial charge in [0.05, 0.1) is 9.20 Å². The van der Waals surface area contributed by atoms with E-state index in [9.17, 15) is 9.90 Å². The van der Waals surface area contributed by atoms with Crippen molar-refractivity contribution >= 4 is 49.2 Å². The lowest BCUT2D eigenvalue weighted by Gasteiger charge is -2.37. The number of aliphatic carboxylic acids is 1. The predicted molar refractivity (Wildman–Crippen MR) is 80.0 cm³/mol. The van der Waals surface area contributed by atoms with Crippen LogP contribution in [0.4, 0.5) is 0 Å². The highest BCUT2D eigenvalue weighted by Crippen LogP contribution is 2.35. The Kier molecular flexibility index (Phi) is 4.52. The fourth-order valence-corrected chi connectivity index (χ4v) is 4.56. The van der Waals surface area contributed by atoms with E-state index in [1.54, 1.807) is 11.3 Å². The third kappa shape index (κ3) is 3.15. The van der Waals surface area contributed by atoms with E-state index in [1.165, 1.54) is 4.88 Å². The normalized spacial score (nSPS) is 25.3. The quantitative estimate of drug-likeness (QED) is 0.840. The highest BCUT2D eigenvalue weighted by Gasteiger charge is 2.37. The molecular weight excluding hydrogens is 382 g/mol. The SMILES string of the molecule is CC1(C(=O)O)CCCN(Cc2cc(Br)c(Br)s2)C1. The van der Waals surface area contributed by atoms with Crippen LogP contribution in [0.1, 0.15) is 24.6 Å². The largest absolute Gasteiger partial charge is 0.481 e. The maximum atomic E-state index is 11.3. The average molecular weight is 397 g/mol. The molecule has 2 heterocycles. The zero-order valence-electron chi connectivity index (χ0n) is 10.1. The first-order valence-electron chi connectivity index (χ1n) is 5.80. The number of hydrogen-bond acceptors (Lipinski definition) is 3. The van der Waals surface area contributed by atoms with Gasteiger partial charge in [0.1, 0.15) is 0 Å².